The van der Waals surface area contributed by atoms with Crippen LogP contribution in [0.3, 0.4) is 0 Å². The molecule has 0 aliphatic carbocycles. The van der Waals surface area contributed by atoms with Crippen molar-refractivity contribution in [2.45, 2.75) is 25.1 Å². The fourth-order valence-electron chi connectivity index (χ4n) is 3.80. The Bertz CT molecular complexity index is 634. The van der Waals surface area contributed by atoms with Crippen LogP contribution >= 0.6 is 0 Å². The van der Waals surface area contributed by atoms with Crippen LogP contribution in [-0.2, 0) is 22.6 Å². The fourth-order valence-corrected chi connectivity index (χ4v) is 3.80. The zero-order valence-electron chi connectivity index (χ0n) is 13.9. The largest absolute Gasteiger partial charge is 0.377 e. The van der Waals surface area contributed by atoms with Crippen molar-refractivity contribution in [3.8, 4) is 0 Å². The molecule has 0 aromatic carbocycles. The lowest BCUT2D eigenvalue weighted by molar-refractivity contribution is -0.0563. The van der Waals surface area contributed by atoms with Crippen molar-refractivity contribution in [2.24, 2.45) is 5.92 Å². The normalized spacial score (nSPS) is 28.2. The van der Waals surface area contributed by atoms with E-state index in [9.17, 15) is 0 Å². The third-order valence-electron chi connectivity index (χ3n) is 4.85. The molecule has 2 aromatic rings. The predicted octanol–water partition coefficient (Wildman–Crippen LogP) is 1.59. The van der Waals surface area contributed by atoms with Gasteiger partial charge in [-0.3, -0.25) is 9.88 Å². The SMILES string of the molecule is c1ccc(CN2CCOC[C@]3(C[C@@H](Cn4ccnc4)CO3)C2)nc1. The Morgan fingerprint density at radius 2 is 2.29 bits per heavy atom. The summed E-state index contributed by atoms with van der Waals surface area (Å²) >= 11 is 0. The molecule has 6 nitrogen and oxygen atoms in total. The van der Waals surface area contributed by atoms with Crippen molar-refractivity contribution in [3.63, 3.8) is 0 Å². The highest BCUT2D eigenvalue weighted by molar-refractivity contribution is 5.04. The molecule has 6 heteroatoms. The molecule has 0 radical (unpaired) electrons. The first kappa shape index (κ1) is 15.7. The van der Waals surface area contributed by atoms with Gasteiger partial charge < -0.3 is 14.0 Å². The summed E-state index contributed by atoms with van der Waals surface area (Å²) in [5, 5.41) is 0. The van der Waals surface area contributed by atoms with E-state index in [2.05, 4.69) is 25.5 Å². The topological polar surface area (TPSA) is 52.4 Å². The summed E-state index contributed by atoms with van der Waals surface area (Å²) in [7, 11) is 0. The van der Waals surface area contributed by atoms with Crippen LogP contribution in [-0.4, -0.2) is 57.9 Å². The Balaban J connectivity index is 1.40. The average molecular weight is 328 g/mol. The van der Waals surface area contributed by atoms with Crippen molar-refractivity contribution in [1.82, 2.24) is 19.4 Å². The third-order valence-corrected chi connectivity index (χ3v) is 4.85. The van der Waals surface area contributed by atoms with Gasteiger partial charge in [-0.1, -0.05) is 6.07 Å². The summed E-state index contributed by atoms with van der Waals surface area (Å²) in [4.78, 5) is 11.0. The van der Waals surface area contributed by atoms with Crippen molar-refractivity contribution < 1.29 is 9.47 Å². The zero-order chi connectivity index (χ0) is 16.2. The molecule has 2 aromatic heterocycles. The summed E-state index contributed by atoms with van der Waals surface area (Å²) < 4.78 is 14.3. The monoisotopic (exact) mass is 328 g/mol. The van der Waals surface area contributed by atoms with E-state index in [-0.39, 0.29) is 5.60 Å². The van der Waals surface area contributed by atoms with E-state index in [1.807, 2.05) is 37.1 Å². The molecule has 4 rings (SSSR count). The van der Waals surface area contributed by atoms with E-state index >= 15 is 0 Å². The van der Waals surface area contributed by atoms with Crippen LogP contribution in [0.1, 0.15) is 12.1 Å². The van der Waals surface area contributed by atoms with Gasteiger partial charge in [-0.2, -0.15) is 0 Å². The lowest BCUT2D eigenvalue weighted by Gasteiger charge is -2.31. The molecule has 24 heavy (non-hydrogen) atoms. The maximum Gasteiger partial charge on any atom is 0.104 e. The van der Waals surface area contributed by atoms with Gasteiger partial charge in [-0.25, -0.2) is 4.98 Å². The number of aromatic nitrogens is 3. The summed E-state index contributed by atoms with van der Waals surface area (Å²) in [6.07, 6.45) is 8.61. The van der Waals surface area contributed by atoms with Crippen LogP contribution in [0.2, 0.25) is 0 Å². The van der Waals surface area contributed by atoms with Gasteiger partial charge in [-0.15, -0.1) is 0 Å². The Labute approximate surface area is 142 Å². The number of nitrogens with zero attached hydrogens (tertiary/aromatic N) is 4. The molecule has 4 heterocycles. The zero-order valence-corrected chi connectivity index (χ0v) is 13.9. The fraction of sp³-hybridized carbons (Fsp3) is 0.556. The second-order valence-corrected chi connectivity index (χ2v) is 6.91. The predicted molar refractivity (Wildman–Crippen MR) is 89.4 cm³/mol. The molecule has 0 saturated carbocycles. The number of ether oxygens (including phenoxy) is 2. The summed E-state index contributed by atoms with van der Waals surface area (Å²) in [5.41, 5.74) is 0.916. The van der Waals surface area contributed by atoms with Gasteiger partial charge in [0.05, 0.1) is 31.8 Å². The van der Waals surface area contributed by atoms with Crippen LogP contribution in [0.25, 0.3) is 0 Å². The smallest absolute Gasteiger partial charge is 0.104 e. The number of pyridine rings is 1. The number of hydrogen-bond donors (Lipinski definition) is 0. The highest BCUT2D eigenvalue weighted by Crippen LogP contribution is 2.33. The molecule has 2 atom stereocenters. The van der Waals surface area contributed by atoms with Gasteiger partial charge in [0.1, 0.15) is 5.60 Å². The second-order valence-electron chi connectivity index (χ2n) is 6.91. The van der Waals surface area contributed by atoms with E-state index in [1.165, 1.54) is 0 Å². The Kier molecular flexibility index (Phi) is 4.60. The summed E-state index contributed by atoms with van der Waals surface area (Å²) in [5.74, 6) is 0.512. The minimum Gasteiger partial charge on any atom is -0.377 e. The van der Waals surface area contributed by atoms with Crippen molar-refractivity contribution in [3.05, 3.63) is 48.8 Å². The highest BCUT2D eigenvalue weighted by atomic mass is 16.5. The molecule has 2 aliphatic rings. The lowest BCUT2D eigenvalue weighted by atomic mass is 9.94. The Morgan fingerprint density at radius 1 is 1.29 bits per heavy atom. The minimum absolute atomic E-state index is 0.184. The van der Waals surface area contributed by atoms with Crippen LogP contribution in [0, 0.1) is 5.92 Å². The summed E-state index contributed by atoms with van der Waals surface area (Å²) in [6, 6.07) is 6.08. The van der Waals surface area contributed by atoms with Crippen molar-refractivity contribution >= 4 is 0 Å². The van der Waals surface area contributed by atoms with Crippen LogP contribution in [0.15, 0.2) is 43.1 Å². The first-order valence-electron chi connectivity index (χ1n) is 8.61. The Morgan fingerprint density at radius 3 is 3.12 bits per heavy atom. The molecule has 128 valence electrons. The number of imidazole rings is 1. The maximum atomic E-state index is 6.27. The molecular weight excluding hydrogens is 304 g/mol. The first-order valence-corrected chi connectivity index (χ1v) is 8.61. The van der Waals surface area contributed by atoms with Crippen molar-refractivity contribution in [1.29, 1.82) is 0 Å². The molecule has 1 spiro atoms. The Hall–Kier alpha value is -1.76. The molecule has 2 aliphatic heterocycles. The molecule has 0 amide bonds. The van der Waals surface area contributed by atoms with Crippen molar-refractivity contribution in [2.75, 3.05) is 32.9 Å². The van der Waals surface area contributed by atoms with Gasteiger partial charge in [0, 0.05) is 50.7 Å². The molecular formula is C18H24N4O2. The van der Waals surface area contributed by atoms with Crippen LogP contribution < -0.4 is 0 Å². The first-order chi connectivity index (χ1) is 11.8. The van der Waals surface area contributed by atoms with Gasteiger partial charge >= 0.3 is 0 Å². The second kappa shape index (κ2) is 7.01. The molecule has 0 bridgehead atoms. The van der Waals surface area contributed by atoms with Crippen LogP contribution in [0.5, 0.6) is 0 Å². The molecule has 2 fully saturated rings. The third kappa shape index (κ3) is 3.66. The van der Waals surface area contributed by atoms with E-state index in [0.717, 1.165) is 51.5 Å². The maximum absolute atomic E-state index is 6.27. The molecule has 2 saturated heterocycles. The standard InChI is InChI=1S/C18H24N4O2/c1-2-4-20-17(3-1)11-21-7-8-23-14-18(13-21)9-16(12-24-18)10-22-6-5-19-15-22/h1-6,15-16H,7-14H2/t16-,18-/m0/s1. The molecule has 0 N–H and O–H groups in total. The van der Waals surface area contributed by atoms with Gasteiger partial charge in [0.15, 0.2) is 0 Å². The average Bonchev–Trinajstić information content (AvgIpc) is 3.19. The quantitative estimate of drug-likeness (QED) is 0.853. The van der Waals surface area contributed by atoms with Gasteiger partial charge in [0.2, 0.25) is 0 Å². The minimum atomic E-state index is -0.184. The highest BCUT2D eigenvalue weighted by Gasteiger charge is 2.43. The van der Waals surface area contributed by atoms with E-state index in [0.29, 0.717) is 12.5 Å². The van der Waals surface area contributed by atoms with Gasteiger partial charge in [-0.05, 0) is 18.6 Å². The number of hydrogen-bond acceptors (Lipinski definition) is 5. The van der Waals surface area contributed by atoms with E-state index in [4.69, 9.17) is 9.47 Å². The molecule has 0 unspecified atom stereocenters. The van der Waals surface area contributed by atoms with E-state index < -0.39 is 0 Å². The van der Waals surface area contributed by atoms with E-state index in [1.54, 1.807) is 0 Å². The van der Waals surface area contributed by atoms with Crippen LogP contribution in [0.4, 0.5) is 0 Å². The lowest BCUT2D eigenvalue weighted by Crippen LogP contribution is -2.43. The number of rotatable bonds is 4. The summed E-state index contributed by atoms with van der Waals surface area (Å²) in [6.45, 7) is 5.87. The van der Waals surface area contributed by atoms with Gasteiger partial charge in [0.25, 0.3) is 0 Å².